The van der Waals surface area contributed by atoms with Gasteiger partial charge in [0.1, 0.15) is 0 Å². The molecule has 2 amide bonds. The molecular formula is C24H30ClN3O2. The van der Waals surface area contributed by atoms with Crippen LogP contribution in [-0.4, -0.2) is 17.8 Å². The summed E-state index contributed by atoms with van der Waals surface area (Å²) in [5, 5.41) is 11.1. The predicted molar refractivity (Wildman–Crippen MR) is 124 cm³/mol. The Morgan fingerprint density at radius 1 is 0.833 bits per heavy atom. The number of primary amides is 1. The lowest BCUT2D eigenvalue weighted by Gasteiger charge is -2.20. The van der Waals surface area contributed by atoms with E-state index in [1.54, 1.807) is 0 Å². The molecule has 0 aromatic heterocycles. The smallest absolute Gasteiger partial charge is 0.335 e. The van der Waals surface area contributed by atoms with Gasteiger partial charge in [-0.05, 0) is 36.6 Å². The Balaban J connectivity index is 0.000000674. The van der Waals surface area contributed by atoms with Gasteiger partial charge in [0.2, 0.25) is 0 Å². The molecule has 0 bridgehead atoms. The lowest BCUT2D eigenvalue weighted by molar-refractivity contribution is 0.169. The lowest BCUT2D eigenvalue weighted by atomic mass is 9.88. The van der Waals surface area contributed by atoms with Crippen LogP contribution in [0.3, 0.4) is 0 Å². The lowest BCUT2D eigenvalue weighted by Crippen LogP contribution is -2.25. The molecule has 3 aromatic rings. The number of urea groups is 1. The van der Waals surface area contributed by atoms with E-state index in [9.17, 15) is 4.79 Å². The average Bonchev–Trinajstić information content (AvgIpc) is 2.78. The fourth-order valence-corrected chi connectivity index (χ4v) is 3.20. The Hall–Kier alpha value is -2.86. The topological polar surface area (TPSA) is 87.4 Å². The fourth-order valence-electron chi connectivity index (χ4n) is 3.20. The number of benzene rings is 3. The van der Waals surface area contributed by atoms with E-state index < -0.39 is 6.03 Å². The highest BCUT2D eigenvalue weighted by Gasteiger charge is 2.14. The van der Waals surface area contributed by atoms with E-state index in [1.165, 1.54) is 22.2 Å². The molecule has 6 heteroatoms. The van der Waals surface area contributed by atoms with Crippen LogP contribution in [-0.2, 0) is 0 Å². The van der Waals surface area contributed by atoms with Crippen molar-refractivity contribution in [3.8, 4) is 0 Å². The molecular weight excluding hydrogens is 398 g/mol. The Labute approximate surface area is 184 Å². The fraction of sp³-hybridized carbons (Fsp3) is 0.208. The third-order valence-electron chi connectivity index (χ3n) is 4.70. The van der Waals surface area contributed by atoms with Crippen molar-refractivity contribution in [2.24, 2.45) is 5.73 Å². The molecule has 0 fully saturated rings. The normalized spacial score (nSPS) is 10.9. The van der Waals surface area contributed by atoms with Crippen molar-refractivity contribution in [3.63, 3.8) is 0 Å². The first-order chi connectivity index (χ1) is 14.1. The van der Waals surface area contributed by atoms with Crippen molar-refractivity contribution >= 4 is 18.4 Å². The van der Waals surface area contributed by atoms with Gasteiger partial charge in [-0.15, -0.1) is 12.4 Å². The van der Waals surface area contributed by atoms with Gasteiger partial charge in [0, 0.05) is 12.0 Å². The number of hydrogen-bond donors (Lipinski definition) is 4. The molecule has 0 aliphatic rings. The largest absolute Gasteiger partial charge is 0.350 e. The number of carbonyl (C=O) groups excluding carboxylic acids is 1. The third-order valence-corrected chi connectivity index (χ3v) is 4.70. The van der Waals surface area contributed by atoms with Gasteiger partial charge < -0.3 is 11.1 Å². The summed E-state index contributed by atoms with van der Waals surface area (Å²) < 4.78 is 0. The van der Waals surface area contributed by atoms with Gasteiger partial charge in [0.25, 0.3) is 0 Å². The molecule has 0 saturated carbocycles. The minimum absolute atomic E-state index is 0. The second-order valence-electron chi connectivity index (χ2n) is 6.73. The van der Waals surface area contributed by atoms with E-state index >= 15 is 0 Å². The van der Waals surface area contributed by atoms with Gasteiger partial charge in [-0.3, -0.25) is 5.21 Å². The highest BCUT2D eigenvalue weighted by atomic mass is 35.5. The van der Waals surface area contributed by atoms with E-state index in [0.717, 1.165) is 13.0 Å². The minimum atomic E-state index is -0.940. The number of rotatable bonds is 7. The molecule has 0 radical (unpaired) electrons. The number of amides is 2. The van der Waals surface area contributed by atoms with Crippen LogP contribution < -0.4 is 16.5 Å². The summed E-state index contributed by atoms with van der Waals surface area (Å²) in [6, 6.07) is 31.7. The quantitative estimate of drug-likeness (QED) is 0.315. The van der Waals surface area contributed by atoms with E-state index in [1.807, 2.05) is 0 Å². The predicted octanol–water partition coefficient (Wildman–Crippen LogP) is 5.03. The Bertz CT molecular complexity index is 793. The second-order valence-corrected chi connectivity index (χ2v) is 6.73. The van der Waals surface area contributed by atoms with Gasteiger partial charge in [0.15, 0.2) is 0 Å². The number of hydroxylamine groups is 1. The van der Waals surface area contributed by atoms with Gasteiger partial charge >= 0.3 is 6.03 Å². The van der Waals surface area contributed by atoms with E-state index in [0.29, 0.717) is 12.0 Å². The maximum Gasteiger partial charge on any atom is 0.335 e. The first-order valence-corrected chi connectivity index (χ1v) is 9.69. The summed E-state index contributed by atoms with van der Waals surface area (Å²) >= 11 is 0. The summed E-state index contributed by atoms with van der Waals surface area (Å²) in [5.41, 5.74) is 9.57. The Morgan fingerprint density at radius 3 is 1.57 bits per heavy atom. The molecule has 0 saturated heterocycles. The highest BCUT2D eigenvalue weighted by Crippen LogP contribution is 2.27. The molecule has 3 aromatic carbocycles. The van der Waals surface area contributed by atoms with Crippen molar-refractivity contribution in [3.05, 3.63) is 108 Å². The number of halogens is 1. The van der Waals surface area contributed by atoms with Crippen molar-refractivity contribution in [1.82, 2.24) is 10.8 Å². The van der Waals surface area contributed by atoms with E-state index in [-0.39, 0.29) is 12.4 Å². The summed E-state index contributed by atoms with van der Waals surface area (Å²) in [6.07, 6.45) is 1.09. The van der Waals surface area contributed by atoms with Crippen LogP contribution in [0.4, 0.5) is 4.79 Å². The number of carbonyl (C=O) groups is 1. The third kappa shape index (κ3) is 8.66. The maximum atomic E-state index is 9.23. The zero-order valence-corrected chi connectivity index (χ0v) is 17.9. The SMILES string of the molecule is CC(NCCC(c1ccccc1)c1ccccc1)c1ccccc1.Cl.NC(=O)NO. The molecule has 5 nitrogen and oxygen atoms in total. The molecule has 160 valence electrons. The molecule has 3 rings (SSSR count). The molecule has 0 heterocycles. The van der Waals surface area contributed by atoms with Crippen LogP contribution in [0.5, 0.6) is 0 Å². The first kappa shape index (κ1) is 25.2. The molecule has 5 N–H and O–H groups in total. The van der Waals surface area contributed by atoms with Crippen LogP contribution in [0, 0.1) is 0 Å². The van der Waals surface area contributed by atoms with Crippen LogP contribution in [0.1, 0.15) is 42.0 Å². The Kier molecular flexibility index (Phi) is 11.9. The van der Waals surface area contributed by atoms with Crippen LogP contribution in [0.2, 0.25) is 0 Å². The van der Waals surface area contributed by atoms with Crippen molar-refractivity contribution in [2.45, 2.75) is 25.3 Å². The molecule has 0 spiro atoms. The summed E-state index contributed by atoms with van der Waals surface area (Å²) in [5.74, 6) is 0.433. The highest BCUT2D eigenvalue weighted by molar-refractivity contribution is 5.85. The van der Waals surface area contributed by atoms with Crippen molar-refractivity contribution in [1.29, 1.82) is 0 Å². The minimum Gasteiger partial charge on any atom is -0.350 e. The maximum absolute atomic E-state index is 9.23. The molecule has 30 heavy (non-hydrogen) atoms. The number of nitrogens with two attached hydrogens (primary N) is 1. The zero-order chi connectivity index (χ0) is 20.9. The monoisotopic (exact) mass is 427 g/mol. The van der Waals surface area contributed by atoms with Crippen LogP contribution in [0.25, 0.3) is 0 Å². The summed E-state index contributed by atoms with van der Waals surface area (Å²) in [4.78, 5) is 9.23. The molecule has 0 aliphatic carbocycles. The Morgan fingerprint density at radius 2 is 1.20 bits per heavy atom. The van der Waals surface area contributed by atoms with Gasteiger partial charge in [-0.1, -0.05) is 91.0 Å². The van der Waals surface area contributed by atoms with Gasteiger partial charge in [-0.2, -0.15) is 0 Å². The summed E-state index contributed by atoms with van der Waals surface area (Å²) in [6.45, 7) is 3.22. The number of hydrogen-bond acceptors (Lipinski definition) is 3. The molecule has 0 aliphatic heterocycles. The van der Waals surface area contributed by atoms with E-state index in [2.05, 4.69) is 109 Å². The zero-order valence-electron chi connectivity index (χ0n) is 17.1. The molecule has 1 unspecified atom stereocenters. The van der Waals surface area contributed by atoms with Crippen molar-refractivity contribution in [2.75, 3.05) is 6.54 Å². The average molecular weight is 428 g/mol. The van der Waals surface area contributed by atoms with Gasteiger partial charge in [-0.25, -0.2) is 10.3 Å². The second kappa shape index (κ2) is 14.2. The first-order valence-electron chi connectivity index (χ1n) is 9.69. The van der Waals surface area contributed by atoms with E-state index in [4.69, 9.17) is 5.21 Å². The standard InChI is InChI=1S/C23H25N.CH4N2O2.ClH/c1-19(20-11-5-2-6-12-20)24-18-17-23(21-13-7-3-8-14-21)22-15-9-4-10-16-22;2-1(4)3-5;/h2-16,19,23-24H,17-18H2,1H3;5H,(H3,2,3,4);1H. The van der Waals surface area contributed by atoms with Gasteiger partial charge in [0.05, 0.1) is 0 Å². The number of nitrogens with one attached hydrogen (secondary N) is 2. The van der Waals surface area contributed by atoms with Crippen LogP contribution >= 0.6 is 12.4 Å². The summed E-state index contributed by atoms with van der Waals surface area (Å²) in [7, 11) is 0. The van der Waals surface area contributed by atoms with Crippen molar-refractivity contribution < 1.29 is 10.0 Å². The molecule has 1 atom stereocenters. The van der Waals surface area contributed by atoms with Crippen LogP contribution in [0.15, 0.2) is 91.0 Å².